The molecule has 5 rings (SSSR count). The second kappa shape index (κ2) is 8.47. The van der Waals surface area contributed by atoms with Gasteiger partial charge in [0.25, 0.3) is 5.91 Å². The molecule has 1 fully saturated rings. The van der Waals surface area contributed by atoms with Gasteiger partial charge in [-0.25, -0.2) is 4.98 Å². The summed E-state index contributed by atoms with van der Waals surface area (Å²) in [6.07, 6.45) is 9.85. The van der Waals surface area contributed by atoms with E-state index in [0.717, 1.165) is 25.1 Å². The van der Waals surface area contributed by atoms with Crippen molar-refractivity contribution in [2.24, 2.45) is 5.41 Å². The first-order chi connectivity index (χ1) is 15.2. The summed E-state index contributed by atoms with van der Waals surface area (Å²) in [5.74, 6) is -0.106. The third-order valence-electron chi connectivity index (χ3n) is 5.85. The fourth-order valence-corrected chi connectivity index (χ4v) is 4.74. The second-order valence-corrected chi connectivity index (χ2v) is 9.17. The quantitative estimate of drug-likeness (QED) is 0.419. The van der Waals surface area contributed by atoms with Gasteiger partial charge in [0.2, 0.25) is 0 Å². The smallest absolute Gasteiger partial charge is 0.274 e. The Labute approximate surface area is 185 Å². The van der Waals surface area contributed by atoms with Crippen LogP contribution >= 0.6 is 11.3 Å². The SMILES string of the molecule is O=C(Nc1nc(Cc2ccccc2)cs1)c1cccn1CC1(Cc2ccncc2)CC1. The van der Waals surface area contributed by atoms with Crippen molar-refractivity contribution in [3.05, 3.63) is 101 Å². The molecule has 0 saturated heterocycles. The molecule has 0 spiro atoms. The zero-order chi connectivity index (χ0) is 21.1. The first kappa shape index (κ1) is 19.7. The number of rotatable bonds is 8. The van der Waals surface area contributed by atoms with E-state index in [0.29, 0.717) is 10.8 Å². The number of hydrogen-bond acceptors (Lipinski definition) is 4. The summed E-state index contributed by atoms with van der Waals surface area (Å²) in [4.78, 5) is 21.7. The van der Waals surface area contributed by atoms with Gasteiger partial charge in [-0.15, -0.1) is 11.3 Å². The highest BCUT2D eigenvalue weighted by Crippen LogP contribution is 2.50. The fourth-order valence-electron chi connectivity index (χ4n) is 4.03. The molecule has 4 aromatic rings. The summed E-state index contributed by atoms with van der Waals surface area (Å²) in [7, 11) is 0. The molecule has 3 aromatic heterocycles. The molecule has 6 heteroatoms. The molecule has 3 heterocycles. The average molecular weight is 429 g/mol. The standard InChI is InChI=1S/C25H24N4OS/c30-23(28-24-27-21(17-31-24)15-19-5-2-1-3-6-19)22-7-4-14-29(22)18-25(10-11-25)16-20-8-12-26-13-9-20/h1-9,12-14,17H,10-11,15-16,18H2,(H,27,28,30). The van der Waals surface area contributed by atoms with Gasteiger partial charge in [0.05, 0.1) is 5.69 Å². The molecule has 156 valence electrons. The lowest BCUT2D eigenvalue weighted by Crippen LogP contribution is -2.21. The van der Waals surface area contributed by atoms with Crippen LogP contribution in [0.25, 0.3) is 0 Å². The Morgan fingerprint density at radius 2 is 1.84 bits per heavy atom. The first-order valence-corrected chi connectivity index (χ1v) is 11.4. The van der Waals surface area contributed by atoms with Crippen molar-refractivity contribution in [1.82, 2.24) is 14.5 Å². The average Bonchev–Trinajstić information content (AvgIpc) is 3.16. The van der Waals surface area contributed by atoms with Gasteiger partial charge in [-0.05, 0) is 60.1 Å². The largest absolute Gasteiger partial charge is 0.343 e. The van der Waals surface area contributed by atoms with E-state index in [9.17, 15) is 4.79 Å². The first-order valence-electron chi connectivity index (χ1n) is 10.5. The third-order valence-corrected chi connectivity index (χ3v) is 6.66. The molecule has 1 N–H and O–H groups in total. The highest BCUT2D eigenvalue weighted by molar-refractivity contribution is 7.14. The number of anilines is 1. The van der Waals surface area contributed by atoms with Gasteiger partial charge < -0.3 is 4.57 Å². The van der Waals surface area contributed by atoms with Crippen LogP contribution < -0.4 is 5.32 Å². The van der Waals surface area contributed by atoms with Gasteiger partial charge in [-0.2, -0.15) is 0 Å². The lowest BCUT2D eigenvalue weighted by atomic mass is 9.97. The Morgan fingerprint density at radius 1 is 1.03 bits per heavy atom. The molecule has 0 atom stereocenters. The van der Waals surface area contributed by atoms with Gasteiger partial charge >= 0.3 is 0 Å². The number of benzene rings is 1. The van der Waals surface area contributed by atoms with Crippen molar-refractivity contribution >= 4 is 22.4 Å². The van der Waals surface area contributed by atoms with Crippen LogP contribution in [0.1, 0.15) is 40.2 Å². The van der Waals surface area contributed by atoms with E-state index in [1.165, 1.54) is 35.3 Å². The highest BCUT2D eigenvalue weighted by atomic mass is 32.1. The molecule has 1 amide bonds. The molecule has 0 unspecified atom stereocenters. The van der Waals surface area contributed by atoms with Crippen LogP contribution in [0.15, 0.2) is 78.6 Å². The molecule has 1 aliphatic carbocycles. The van der Waals surface area contributed by atoms with Gasteiger partial charge in [0, 0.05) is 36.9 Å². The van der Waals surface area contributed by atoms with E-state index in [1.54, 1.807) is 0 Å². The predicted molar refractivity (Wildman–Crippen MR) is 123 cm³/mol. The summed E-state index contributed by atoms with van der Waals surface area (Å²) in [6.45, 7) is 0.849. The second-order valence-electron chi connectivity index (χ2n) is 8.31. The number of amides is 1. The van der Waals surface area contributed by atoms with Crippen molar-refractivity contribution in [3.63, 3.8) is 0 Å². The summed E-state index contributed by atoms with van der Waals surface area (Å²) in [6, 6.07) is 18.2. The fraction of sp³-hybridized carbons (Fsp3) is 0.240. The Morgan fingerprint density at radius 3 is 2.61 bits per heavy atom. The van der Waals surface area contributed by atoms with Crippen molar-refractivity contribution in [3.8, 4) is 0 Å². The molecular formula is C25H24N4OS. The van der Waals surface area contributed by atoms with Crippen LogP contribution in [0, 0.1) is 5.41 Å². The normalized spacial score (nSPS) is 14.3. The summed E-state index contributed by atoms with van der Waals surface area (Å²) >= 11 is 1.47. The molecule has 1 aliphatic rings. The van der Waals surface area contributed by atoms with Crippen LogP contribution in [0.4, 0.5) is 5.13 Å². The van der Waals surface area contributed by atoms with Crippen molar-refractivity contribution in [2.75, 3.05) is 5.32 Å². The molecule has 0 bridgehead atoms. The molecule has 1 aromatic carbocycles. The van der Waals surface area contributed by atoms with Crippen molar-refractivity contribution in [2.45, 2.75) is 32.2 Å². The van der Waals surface area contributed by atoms with E-state index in [-0.39, 0.29) is 11.3 Å². The van der Waals surface area contributed by atoms with Crippen LogP contribution in [0.3, 0.4) is 0 Å². The van der Waals surface area contributed by atoms with Crippen molar-refractivity contribution in [1.29, 1.82) is 0 Å². The predicted octanol–water partition coefficient (Wildman–Crippen LogP) is 5.21. The molecular weight excluding hydrogens is 404 g/mol. The molecule has 1 saturated carbocycles. The lowest BCUT2D eigenvalue weighted by molar-refractivity contribution is 0.101. The molecule has 31 heavy (non-hydrogen) atoms. The van der Waals surface area contributed by atoms with Crippen molar-refractivity contribution < 1.29 is 4.79 Å². The summed E-state index contributed by atoms with van der Waals surface area (Å²) in [5, 5.41) is 5.64. The van der Waals surface area contributed by atoms with Crippen LogP contribution in [0.2, 0.25) is 0 Å². The molecule has 5 nitrogen and oxygen atoms in total. The maximum absolute atomic E-state index is 13.0. The molecule has 0 aliphatic heterocycles. The van der Waals surface area contributed by atoms with Gasteiger partial charge in [0.1, 0.15) is 5.69 Å². The van der Waals surface area contributed by atoms with Gasteiger partial charge in [-0.3, -0.25) is 15.1 Å². The van der Waals surface area contributed by atoms with Crippen LogP contribution in [0.5, 0.6) is 0 Å². The maximum atomic E-state index is 13.0. The van der Waals surface area contributed by atoms with Gasteiger partial charge in [-0.1, -0.05) is 30.3 Å². The maximum Gasteiger partial charge on any atom is 0.274 e. The van der Waals surface area contributed by atoms with E-state index in [2.05, 4.69) is 44.1 Å². The van der Waals surface area contributed by atoms with Crippen LogP contribution in [-0.2, 0) is 19.4 Å². The number of nitrogens with one attached hydrogen (secondary N) is 1. The zero-order valence-electron chi connectivity index (χ0n) is 17.2. The molecule has 0 radical (unpaired) electrons. The Hall–Kier alpha value is -3.25. The number of carbonyl (C=O) groups is 1. The Bertz CT molecular complexity index is 1160. The number of pyridine rings is 1. The highest BCUT2D eigenvalue weighted by Gasteiger charge is 2.43. The number of aromatic nitrogens is 3. The lowest BCUT2D eigenvalue weighted by Gasteiger charge is -2.18. The number of nitrogens with zero attached hydrogens (tertiary/aromatic N) is 3. The summed E-state index contributed by atoms with van der Waals surface area (Å²) < 4.78 is 2.09. The minimum absolute atomic E-state index is 0.106. The Kier molecular flexibility index (Phi) is 5.38. The third kappa shape index (κ3) is 4.75. The van der Waals surface area contributed by atoms with E-state index in [1.807, 2.05) is 54.3 Å². The summed E-state index contributed by atoms with van der Waals surface area (Å²) in [5.41, 5.74) is 4.40. The minimum atomic E-state index is -0.106. The topological polar surface area (TPSA) is 59.8 Å². The van der Waals surface area contributed by atoms with E-state index < -0.39 is 0 Å². The number of thiazole rings is 1. The zero-order valence-corrected chi connectivity index (χ0v) is 18.0. The van der Waals surface area contributed by atoms with E-state index in [4.69, 9.17) is 0 Å². The van der Waals surface area contributed by atoms with E-state index >= 15 is 0 Å². The minimum Gasteiger partial charge on any atom is -0.343 e. The number of carbonyl (C=O) groups excluding carboxylic acids is 1. The Balaban J connectivity index is 1.24. The number of hydrogen-bond donors (Lipinski definition) is 1. The monoisotopic (exact) mass is 428 g/mol. The van der Waals surface area contributed by atoms with Crippen LogP contribution in [-0.4, -0.2) is 20.4 Å². The van der Waals surface area contributed by atoms with Gasteiger partial charge in [0.15, 0.2) is 5.13 Å².